The minimum absolute atomic E-state index is 0.539. The lowest BCUT2D eigenvalue weighted by Gasteiger charge is -2.40. The van der Waals surface area contributed by atoms with Gasteiger partial charge in [0.1, 0.15) is 0 Å². The summed E-state index contributed by atoms with van der Waals surface area (Å²) in [7, 11) is 0. The van der Waals surface area contributed by atoms with E-state index in [-0.39, 0.29) is 0 Å². The fraction of sp³-hybridized carbons (Fsp3) is 0.769. The molecule has 0 aromatic carbocycles. The molecule has 0 rings (SSSR count). The Morgan fingerprint density at radius 1 is 0.759 bits per heavy atom. The maximum atomic E-state index is 13.9. The van der Waals surface area contributed by atoms with E-state index in [0.717, 1.165) is 13.8 Å². The Bertz CT molecular complexity index is 625. The van der Waals surface area contributed by atoms with Crippen LogP contribution in [0.25, 0.3) is 0 Å². The zero-order chi connectivity index (χ0) is 23.7. The van der Waals surface area contributed by atoms with E-state index in [2.05, 4.69) is 4.74 Å². The van der Waals surface area contributed by atoms with E-state index in [1.165, 1.54) is 5.32 Å². The number of esters is 1. The normalized spacial score (nSPS) is 15.3. The average molecular weight is 461 g/mol. The summed E-state index contributed by atoms with van der Waals surface area (Å²) in [4.78, 5) is 11.1. The summed E-state index contributed by atoms with van der Waals surface area (Å²) < 4.78 is 174. The zero-order valence-electron chi connectivity index (χ0n) is 14.2. The van der Waals surface area contributed by atoms with Gasteiger partial charge in [-0.25, -0.2) is 4.79 Å². The second kappa shape index (κ2) is 8.08. The molecule has 0 saturated carbocycles. The lowest BCUT2D eigenvalue weighted by Crippen LogP contribution is -2.70. The molecule has 16 heteroatoms. The molecule has 0 fully saturated rings. The third-order valence-corrected chi connectivity index (χ3v) is 3.19. The van der Waals surface area contributed by atoms with Crippen molar-refractivity contribution < 1.29 is 66.6 Å². The largest absolute Gasteiger partial charge is 0.463 e. The molecule has 0 atom stereocenters. The monoisotopic (exact) mass is 461 g/mol. The van der Waals surface area contributed by atoms with Crippen LogP contribution in [0.3, 0.4) is 0 Å². The molecule has 0 heterocycles. The minimum Gasteiger partial charge on any atom is -0.463 e. The summed E-state index contributed by atoms with van der Waals surface area (Å²) in [5.41, 5.74) is -2.48. The number of hydrogen-bond acceptors (Lipinski definition) is 3. The SMILES string of the molecule is CCN/C(=C\C(=O)OCC)C(F)(F)C(F)(F)C(F)(F)C(F)(F)C(F)(F)C(F)(F)F. The van der Waals surface area contributed by atoms with E-state index in [1.54, 1.807) is 0 Å². The average Bonchev–Trinajstić information content (AvgIpc) is 2.52. The van der Waals surface area contributed by atoms with Crippen molar-refractivity contribution in [1.29, 1.82) is 0 Å². The summed E-state index contributed by atoms with van der Waals surface area (Å²) in [6, 6.07) is 0. The summed E-state index contributed by atoms with van der Waals surface area (Å²) in [6.45, 7) is 0.636. The van der Waals surface area contributed by atoms with Gasteiger partial charge in [-0.15, -0.1) is 0 Å². The van der Waals surface area contributed by atoms with Gasteiger partial charge in [0.2, 0.25) is 0 Å². The van der Waals surface area contributed by atoms with Crippen LogP contribution in [0.5, 0.6) is 0 Å². The fourth-order valence-corrected chi connectivity index (χ4v) is 1.68. The molecule has 3 nitrogen and oxygen atoms in total. The van der Waals surface area contributed by atoms with Crippen LogP contribution in [-0.4, -0.2) is 54.9 Å². The van der Waals surface area contributed by atoms with Gasteiger partial charge in [-0.05, 0) is 13.8 Å². The van der Waals surface area contributed by atoms with Gasteiger partial charge in [-0.2, -0.15) is 57.1 Å². The number of nitrogens with one attached hydrogen (secondary N) is 1. The van der Waals surface area contributed by atoms with Crippen LogP contribution in [0, 0.1) is 0 Å². The molecule has 0 amide bonds. The smallest absolute Gasteiger partial charge is 0.460 e. The van der Waals surface area contributed by atoms with Crippen molar-refractivity contribution >= 4 is 5.97 Å². The van der Waals surface area contributed by atoms with E-state index in [0.29, 0.717) is 0 Å². The second-order valence-electron chi connectivity index (χ2n) is 5.21. The Balaban J connectivity index is 6.56. The Hall–Kier alpha value is -1.90. The Morgan fingerprint density at radius 2 is 1.17 bits per heavy atom. The first-order valence-electron chi connectivity index (χ1n) is 7.25. The Labute approximate surface area is 153 Å². The molecule has 1 N–H and O–H groups in total. The molecule has 0 unspecified atom stereocenters. The molecule has 29 heavy (non-hydrogen) atoms. The lowest BCUT2D eigenvalue weighted by atomic mass is 9.92. The van der Waals surface area contributed by atoms with E-state index in [1.807, 2.05) is 0 Å². The number of rotatable bonds is 9. The number of allylic oxidation sites excluding steroid dienone is 1. The molecule has 0 aromatic heterocycles. The Morgan fingerprint density at radius 3 is 1.52 bits per heavy atom. The van der Waals surface area contributed by atoms with Crippen molar-refractivity contribution in [3.05, 3.63) is 11.8 Å². The molecule has 0 aliphatic carbocycles. The molecule has 172 valence electrons. The first-order valence-corrected chi connectivity index (χ1v) is 7.25. The van der Waals surface area contributed by atoms with Gasteiger partial charge < -0.3 is 10.1 Å². The van der Waals surface area contributed by atoms with E-state index in [9.17, 15) is 61.9 Å². The summed E-state index contributed by atoms with van der Waals surface area (Å²) >= 11 is 0. The lowest BCUT2D eigenvalue weighted by molar-refractivity contribution is -0.437. The molecule has 0 bridgehead atoms. The van der Waals surface area contributed by atoms with Gasteiger partial charge in [-0.1, -0.05) is 0 Å². The van der Waals surface area contributed by atoms with Crippen molar-refractivity contribution in [3.63, 3.8) is 0 Å². The molecule has 0 radical (unpaired) electrons. The number of alkyl halides is 13. The molecule has 0 aromatic rings. The number of carbonyl (C=O) groups excluding carboxylic acids is 1. The standard InChI is InChI=1S/C13H12F13NO2/c1-3-27-6(5-7(28)29-4-2)8(14,15)9(16,17)10(18,19)11(20,21)12(22,23)13(24,25)26/h5,27H,3-4H2,1-2H3/b6-5-. The van der Waals surface area contributed by atoms with E-state index < -0.39 is 66.7 Å². The van der Waals surface area contributed by atoms with Gasteiger partial charge in [-0.3, -0.25) is 0 Å². The van der Waals surface area contributed by atoms with Gasteiger partial charge in [0, 0.05) is 12.6 Å². The third kappa shape index (κ3) is 4.34. The van der Waals surface area contributed by atoms with Crippen LogP contribution in [0.2, 0.25) is 0 Å². The highest BCUT2D eigenvalue weighted by molar-refractivity contribution is 5.83. The van der Waals surface area contributed by atoms with E-state index >= 15 is 0 Å². The Kier molecular flexibility index (Phi) is 7.55. The number of ether oxygens (including phenoxy) is 1. The quantitative estimate of drug-likeness (QED) is 0.305. The highest BCUT2D eigenvalue weighted by Gasteiger charge is 2.91. The zero-order valence-corrected chi connectivity index (χ0v) is 14.2. The van der Waals surface area contributed by atoms with Crippen molar-refractivity contribution in [3.8, 4) is 0 Å². The highest BCUT2D eigenvalue weighted by atomic mass is 19.4. The summed E-state index contributed by atoms with van der Waals surface area (Å²) in [5.74, 6) is -39.7. The summed E-state index contributed by atoms with van der Waals surface area (Å²) in [6.07, 6.45) is -8.05. The first kappa shape index (κ1) is 27.1. The molecule has 0 aliphatic heterocycles. The van der Waals surface area contributed by atoms with Crippen molar-refractivity contribution in [2.45, 2.75) is 49.6 Å². The van der Waals surface area contributed by atoms with Crippen LogP contribution in [0.15, 0.2) is 11.8 Å². The first-order chi connectivity index (χ1) is 12.7. The molecule has 0 saturated heterocycles. The van der Waals surface area contributed by atoms with Gasteiger partial charge in [0.25, 0.3) is 0 Å². The maximum Gasteiger partial charge on any atom is 0.460 e. The van der Waals surface area contributed by atoms with Gasteiger partial charge in [0.15, 0.2) is 0 Å². The third-order valence-electron chi connectivity index (χ3n) is 3.19. The fourth-order valence-electron chi connectivity index (χ4n) is 1.68. The predicted molar refractivity (Wildman–Crippen MR) is 69.2 cm³/mol. The van der Waals surface area contributed by atoms with Crippen molar-refractivity contribution in [2.24, 2.45) is 0 Å². The van der Waals surface area contributed by atoms with Crippen molar-refractivity contribution in [2.75, 3.05) is 13.2 Å². The molecule has 0 aliphatic rings. The molecule has 0 spiro atoms. The van der Waals surface area contributed by atoms with Gasteiger partial charge in [0.05, 0.1) is 12.3 Å². The van der Waals surface area contributed by atoms with Crippen LogP contribution >= 0.6 is 0 Å². The topological polar surface area (TPSA) is 38.3 Å². The summed E-state index contributed by atoms with van der Waals surface area (Å²) in [5, 5.41) is 1.25. The maximum absolute atomic E-state index is 13.9. The second-order valence-corrected chi connectivity index (χ2v) is 5.21. The molecular formula is C13H12F13NO2. The van der Waals surface area contributed by atoms with Crippen LogP contribution in [0.4, 0.5) is 57.1 Å². The minimum atomic E-state index is -8.01. The predicted octanol–water partition coefficient (Wildman–Crippen LogP) is 4.78. The van der Waals surface area contributed by atoms with Gasteiger partial charge >= 0.3 is 41.8 Å². The highest BCUT2D eigenvalue weighted by Crippen LogP contribution is 2.61. The molecular weight excluding hydrogens is 449 g/mol. The van der Waals surface area contributed by atoms with Crippen LogP contribution in [-0.2, 0) is 9.53 Å². The van der Waals surface area contributed by atoms with E-state index in [4.69, 9.17) is 0 Å². The van der Waals surface area contributed by atoms with Crippen LogP contribution < -0.4 is 5.32 Å². The number of halogens is 13. The van der Waals surface area contributed by atoms with Crippen LogP contribution in [0.1, 0.15) is 13.8 Å². The number of carbonyl (C=O) groups is 1. The van der Waals surface area contributed by atoms with Crippen molar-refractivity contribution in [1.82, 2.24) is 5.32 Å². The number of hydrogen-bond donors (Lipinski definition) is 1.